The lowest BCUT2D eigenvalue weighted by molar-refractivity contribution is -0.253. The average Bonchev–Trinajstić information content (AvgIpc) is 2.07. The maximum Gasteiger partial charge on any atom is 0.415 e. The van der Waals surface area contributed by atoms with Gasteiger partial charge in [-0.15, -0.1) is 0 Å². The molecule has 0 spiro atoms. The Labute approximate surface area is 90.8 Å². The fraction of sp³-hybridized carbons (Fsp3) is 1.00. The number of alkyl halides is 3. The Balaban J connectivity index is 5.00. The number of halogens is 3. The van der Waals surface area contributed by atoms with E-state index in [0.717, 1.165) is 0 Å². The highest BCUT2D eigenvalue weighted by Crippen LogP contribution is 2.30. The zero-order valence-electron chi connectivity index (χ0n) is 9.19. The van der Waals surface area contributed by atoms with Crippen LogP contribution in [0.25, 0.3) is 10.4 Å². The summed E-state index contributed by atoms with van der Waals surface area (Å²) >= 11 is 0. The molecule has 0 rings (SSSR count). The van der Waals surface area contributed by atoms with Crippen molar-refractivity contribution in [1.82, 2.24) is 0 Å². The standard InChI is InChI=1S/C8H14F3N3O2/c1-7(2,3)16-6(8(9,10)11)5(4-15)13-14-12/h5-6,15H,4H2,1-3H3/t5-,6-/m1/s1. The lowest BCUT2D eigenvalue weighted by Crippen LogP contribution is -2.46. The van der Waals surface area contributed by atoms with E-state index in [-0.39, 0.29) is 0 Å². The molecule has 0 aliphatic rings. The molecule has 0 fully saturated rings. The molecule has 0 aliphatic heterocycles. The first-order chi connectivity index (χ1) is 7.11. The maximum atomic E-state index is 12.6. The lowest BCUT2D eigenvalue weighted by atomic mass is 10.1. The van der Waals surface area contributed by atoms with Gasteiger partial charge < -0.3 is 9.84 Å². The number of hydrogen-bond acceptors (Lipinski definition) is 3. The van der Waals surface area contributed by atoms with Gasteiger partial charge in [-0.2, -0.15) is 13.2 Å². The molecule has 94 valence electrons. The molecule has 0 unspecified atom stereocenters. The van der Waals surface area contributed by atoms with E-state index in [0.29, 0.717) is 0 Å². The molecule has 0 aromatic rings. The molecule has 1 N–H and O–H groups in total. The molecule has 0 radical (unpaired) electrons. The van der Waals surface area contributed by atoms with Crippen LogP contribution in [0.15, 0.2) is 5.11 Å². The van der Waals surface area contributed by atoms with Crippen LogP contribution in [-0.2, 0) is 4.74 Å². The Kier molecular flexibility index (Phi) is 5.05. The summed E-state index contributed by atoms with van der Waals surface area (Å²) in [4.78, 5) is 2.26. The SMILES string of the molecule is CC(C)(C)O[C@H]([C@@H](CO)N=[N+]=[N-])C(F)(F)F. The van der Waals surface area contributed by atoms with Gasteiger partial charge in [-0.25, -0.2) is 0 Å². The van der Waals surface area contributed by atoms with E-state index >= 15 is 0 Å². The first-order valence-corrected chi connectivity index (χ1v) is 4.51. The minimum absolute atomic E-state index is 0.926. The predicted molar refractivity (Wildman–Crippen MR) is 50.7 cm³/mol. The van der Waals surface area contributed by atoms with Crippen molar-refractivity contribution in [3.8, 4) is 0 Å². The van der Waals surface area contributed by atoms with Crippen LogP contribution in [0.1, 0.15) is 20.8 Å². The Morgan fingerprint density at radius 2 is 1.88 bits per heavy atom. The third-order valence-corrected chi connectivity index (χ3v) is 1.54. The fourth-order valence-corrected chi connectivity index (χ4v) is 1.00. The van der Waals surface area contributed by atoms with Crippen LogP contribution in [0, 0.1) is 0 Å². The summed E-state index contributed by atoms with van der Waals surface area (Å²) in [5, 5.41) is 11.6. The Morgan fingerprint density at radius 3 is 2.12 bits per heavy atom. The number of azide groups is 1. The second kappa shape index (κ2) is 5.38. The van der Waals surface area contributed by atoms with Gasteiger partial charge in [0.05, 0.1) is 18.2 Å². The van der Waals surface area contributed by atoms with Crippen molar-refractivity contribution in [3.05, 3.63) is 10.4 Å². The molecule has 2 atom stereocenters. The van der Waals surface area contributed by atoms with Gasteiger partial charge in [-0.05, 0) is 26.3 Å². The van der Waals surface area contributed by atoms with Crippen LogP contribution in [-0.4, -0.2) is 35.6 Å². The van der Waals surface area contributed by atoms with Gasteiger partial charge in [-0.3, -0.25) is 0 Å². The largest absolute Gasteiger partial charge is 0.415 e. The summed E-state index contributed by atoms with van der Waals surface area (Å²) in [6, 6.07) is -1.68. The van der Waals surface area contributed by atoms with Crippen LogP contribution < -0.4 is 0 Å². The molecular formula is C8H14F3N3O2. The van der Waals surface area contributed by atoms with Crippen LogP contribution in [0.3, 0.4) is 0 Å². The van der Waals surface area contributed by atoms with Crippen LogP contribution in [0.2, 0.25) is 0 Å². The summed E-state index contributed by atoms with van der Waals surface area (Å²) in [7, 11) is 0. The zero-order chi connectivity index (χ0) is 13.0. The molecule has 0 heterocycles. The van der Waals surface area contributed by atoms with Crippen molar-refractivity contribution in [2.45, 2.75) is 44.7 Å². The van der Waals surface area contributed by atoms with Crippen LogP contribution >= 0.6 is 0 Å². The third-order valence-electron chi connectivity index (χ3n) is 1.54. The van der Waals surface area contributed by atoms with Gasteiger partial charge in [0.2, 0.25) is 0 Å². The highest BCUT2D eigenvalue weighted by atomic mass is 19.4. The highest BCUT2D eigenvalue weighted by Gasteiger charge is 2.47. The van der Waals surface area contributed by atoms with Crippen molar-refractivity contribution in [3.63, 3.8) is 0 Å². The highest BCUT2D eigenvalue weighted by molar-refractivity contribution is 4.85. The number of aliphatic hydroxyl groups is 1. The smallest absolute Gasteiger partial charge is 0.396 e. The average molecular weight is 241 g/mol. The van der Waals surface area contributed by atoms with Gasteiger partial charge >= 0.3 is 6.18 Å². The van der Waals surface area contributed by atoms with Gasteiger partial charge in [0, 0.05) is 4.91 Å². The Hall–Kier alpha value is -0.980. The van der Waals surface area contributed by atoms with E-state index in [2.05, 4.69) is 10.0 Å². The van der Waals surface area contributed by atoms with Crippen molar-refractivity contribution < 1.29 is 23.0 Å². The third kappa shape index (κ3) is 5.20. The number of rotatable bonds is 4. The molecule has 0 aliphatic carbocycles. The van der Waals surface area contributed by atoms with Gasteiger partial charge in [0.1, 0.15) is 0 Å². The van der Waals surface area contributed by atoms with E-state index in [9.17, 15) is 13.2 Å². The number of ether oxygens (including phenoxy) is 1. The Morgan fingerprint density at radius 1 is 1.38 bits per heavy atom. The Bertz CT molecular complexity index is 269. The molecule has 0 saturated carbocycles. The minimum Gasteiger partial charge on any atom is -0.396 e. The molecule has 8 heteroatoms. The van der Waals surface area contributed by atoms with E-state index in [1.807, 2.05) is 0 Å². The van der Waals surface area contributed by atoms with Crippen molar-refractivity contribution in [2.75, 3.05) is 6.61 Å². The van der Waals surface area contributed by atoms with E-state index < -0.39 is 30.5 Å². The molecule has 0 saturated heterocycles. The summed E-state index contributed by atoms with van der Waals surface area (Å²) in [5.74, 6) is 0. The minimum atomic E-state index is -4.70. The summed E-state index contributed by atoms with van der Waals surface area (Å²) in [6.07, 6.45) is -7.01. The molecule has 0 amide bonds. The first kappa shape index (κ1) is 15.0. The molecule has 0 aromatic carbocycles. The van der Waals surface area contributed by atoms with Crippen molar-refractivity contribution in [1.29, 1.82) is 0 Å². The molecular weight excluding hydrogens is 227 g/mol. The van der Waals surface area contributed by atoms with Gasteiger partial charge in [0.15, 0.2) is 6.10 Å². The summed E-state index contributed by atoms with van der Waals surface area (Å²) < 4.78 is 42.5. The molecule has 16 heavy (non-hydrogen) atoms. The normalized spacial score (nSPS) is 16.4. The second-order valence-corrected chi connectivity index (χ2v) is 4.15. The monoisotopic (exact) mass is 241 g/mol. The van der Waals surface area contributed by atoms with E-state index in [1.165, 1.54) is 20.8 Å². The first-order valence-electron chi connectivity index (χ1n) is 4.51. The van der Waals surface area contributed by atoms with Crippen molar-refractivity contribution >= 4 is 0 Å². The van der Waals surface area contributed by atoms with E-state index in [4.69, 9.17) is 15.4 Å². The molecule has 0 bridgehead atoms. The molecule has 5 nitrogen and oxygen atoms in total. The quantitative estimate of drug-likeness (QED) is 0.466. The fourth-order valence-electron chi connectivity index (χ4n) is 1.00. The van der Waals surface area contributed by atoms with E-state index in [1.54, 1.807) is 0 Å². The maximum absolute atomic E-state index is 12.6. The summed E-state index contributed by atoms with van der Waals surface area (Å²) in [6.45, 7) is 3.40. The topological polar surface area (TPSA) is 78.2 Å². The second-order valence-electron chi connectivity index (χ2n) is 4.15. The predicted octanol–water partition coefficient (Wildman–Crippen LogP) is 2.40. The van der Waals surface area contributed by atoms with Crippen molar-refractivity contribution in [2.24, 2.45) is 5.11 Å². The number of hydrogen-bond donors (Lipinski definition) is 1. The summed E-state index contributed by atoms with van der Waals surface area (Å²) in [5.41, 5.74) is 7.05. The number of aliphatic hydroxyl groups excluding tert-OH is 1. The van der Waals surface area contributed by atoms with Gasteiger partial charge in [-0.1, -0.05) is 5.11 Å². The zero-order valence-corrected chi connectivity index (χ0v) is 9.19. The van der Waals surface area contributed by atoms with Gasteiger partial charge in [0.25, 0.3) is 0 Å². The number of nitrogens with zero attached hydrogens (tertiary/aromatic N) is 3. The van der Waals surface area contributed by atoms with Crippen LogP contribution in [0.4, 0.5) is 13.2 Å². The lowest BCUT2D eigenvalue weighted by Gasteiger charge is -2.31. The molecule has 0 aromatic heterocycles. The van der Waals surface area contributed by atoms with Crippen LogP contribution in [0.5, 0.6) is 0 Å².